The number of hydrogen-bond acceptors (Lipinski definition) is 3. The number of hydrogen-bond donors (Lipinski definition) is 2. The number of guanidine groups is 1. The van der Waals surface area contributed by atoms with Gasteiger partial charge in [-0.2, -0.15) is 0 Å². The van der Waals surface area contributed by atoms with E-state index in [4.69, 9.17) is 4.42 Å². The van der Waals surface area contributed by atoms with Crippen molar-refractivity contribution in [3.8, 4) is 0 Å². The predicted molar refractivity (Wildman–Crippen MR) is 101 cm³/mol. The molecule has 0 amide bonds. The Morgan fingerprint density at radius 2 is 2.08 bits per heavy atom. The van der Waals surface area contributed by atoms with Crippen molar-refractivity contribution in [3.63, 3.8) is 0 Å². The van der Waals surface area contributed by atoms with E-state index in [1.807, 2.05) is 6.92 Å². The Labute approximate surface area is 156 Å². The molecular formula is C18H24BrFN4O. The smallest absolute Gasteiger partial charge is 0.213 e. The van der Waals surface area contributed by atoms with Gasteiger partial charge in [-0.25, -0.2) is 14.4 Å². The zero-order chi connectivity index (χ0) is 18.4. The molecule has 136 valence electrons. The summed E-state index contributed by atoms with van der Waals surface area (Å²) in [6, 6.07) is 4.82. The van der Waals surface area contributed by atoms with Gasteiger partial charge in [-0.05, 0) is 25.1 Å². The minimum Gasteiger partial charge on any atom is -0.443 e. The highest BCUT2D eigenvalue weighted by Gasteiger charge is 2.19. The Bertz CT molecular complexity index is 737. The van der Waals surface area contributed by atoms with Gasteiger partial charge in [0.2, 0.25) is 5.89 Å². The lowest BCUT2D eigenvalue weighted by Crippen LogP contribution is -2.36. The summed E-state index contributed by atoms with van der Waals surface area (Å²) < 4.78 is 20.4. The van der Waals surface area contributed by atoms with Crippen molar-refractivity contribution < 1.29 is 8.81 Å². The highest BCUT2D eigenvalue weighted by atomic mass is 79.9. The first-order chi connectivity index (χ1) is 11.8. The number of aliphatic imine (C=N–C) groups is 1. The molecule has 0 aliphatic carbocycles. The summed E-state index contributed by atoms with van der Waals surface area (Å²) in [5.41, 5.74) is 0.444. The monoisotopic (exact) mass is 410 g/mol. The van der Waals surface area contributed by atoms with Crippen molar-refractivity contribution in [2.75, 3.05) is 6.54 Å². The second kappa shape index (κ2) is 8.47. The average Bonchev–Trinajstić information content (AvgIpc) is 3.02. The van der Waals surface area contributed by atoms with Gasteiger partial charge >= 0.3 is 0 Å². The highest BCUT2D eigenvalue weighted by Crippen LogP contribution is 2.22. The minimum absolute atomic E-state index is 0.0813. The standard InChI is InChI=1S/C18H24BrFN4O/c1-5-21-17(23-9-12-8-13(19)6-7-14(12)20)24-11-16-22-10-15(25-16)18(2,3)4/h6-8,10H,5,9,11H2,1-4H3,(H2,21,23,24). The summed E-state index contributed by atoms with van der Waals surface area (Å²) >= 11 is 3.35. The van der Waals surface area contributed by atoms with Gasteiger partial charge in [0.1, 0.15) is 11.6 Å². The van der Waals surface area contributed by atoms with E-state index in [0.717, 1.165) is 10.2 Å². The van der Waals surface area contributed by atoms with Crippen molar-refractivity contribution in [3.05, 3.63) is 51.9 Å². The summed E-state index contributed by atoms with van der Waals surface area (Å²) in [7, 11) is 0. The van der Waals surface area contributed by atoms with Crippen molar-refractivity contribution >= 4 is 21.9 Å². The van der Waals surface area contributed by atoms with Crippen molar-refractivity contribution in [1.82, 2.24) is 15.6 Å². The number of oxazole rings is 1. The third-order valence-electron chi connectivity index (χ3n) is 3.46. The van der Waals surface area contributed by atoms with Crippen LogP contribution in [0, 0.1) is 5.82 Å². The molecule has 0 aliphatic heterocycles. The van der Waals surface area contributed by atoms with Crippen LogP contribution >= 0.6 is 15.9 Å². The molecule has 0 unspecified atom stereocenters. The molecule has 1 aromatic heterocycles. The molecule has 0 atom stereocenters. The second-order valence-electron chi connectivity index (χ2n) is 6.65. The Kier molecular flexibility index (Phi) is 6.58. The summed E-state index contributed by atoms with van der Waals surface area (Å²) in [6.45, 7) is 9.53. The number of aromatic nitrogens is 1. The predicted octanol–water partition coefficient (Wildman–Crippen LogP) is 4.13. The molecule has 0 bridgehead atoms. The molecule has 0 fully saturated rings. The molecule has 1 aromatic carbocycles. The molecule has 5 nitrogen and oxygen atoms in total. The molecule has 0 aliphatic rings. The van der Waals surface area contributed by atoms with E-state index < -0.39 is 0 Å². The zero-order valence-electron chi connectivity index (χ0n) is 15.0. The molecule has 1 heterocycles. The fraction of sp³-hybridized carbons (Fsp3) is 0.444. The highest BCUT2D eigenvalue weighted by molar-refractivity contribution is 9.10. The van der Waals surface area contributed by atoms with Gasteiger partial charge in [-0.3, -0.25) is 0 Å². The fourth-order valence-electron chi connectivity index (χ4n) is 2.07. The van der Waals surface area contributed by atoms with Gasteiger partial charge in [0, 0.05) is 22.0 Å². The molecule has 2 rings (SSSR count). The van der Waals surface area contributed by atoms with E-state index in [9.17, 15) is 4.39 Å². The molecule has 0 spiro atoms. The molecule has 0 saturated heterocycles. The van der Waals surface area contributed by atoms with Crippen LogP contribution in [0.2, 0.25) is 0 Å². The Morgan fingerprint density at radius 1 is 1.32 bits per heavy atom. The maximum atomic E-state index is 13.8. The summed E-state index contributed by atoms with van der Waals surface area (Å²) in [5, 5.41) is 6.28. The number of halogens is 2. The first-order valence-electron chi connectivity index (χ1n) is 8.21. The Balaban J connectivity index is 2.02. The first-order valence-corrected chi connectivity index (χ1v) is 9.00. The fourth-order valence-corrected chi connectivity index (χ4v) is 2.48. The molecule has 2 aromatic rings. The van der Waals surface area contributed by atoms with E-state index in [-0.39, 0.29) is 17.8 Å². The van der Waals surface area contributed by atoms with Crippen molar-refractivity contribution in [2.45, 2.75) is 46.2 Å². The van der Waals surface area contributed by atoms with Crippen LogP contribution in [0.4, 0.5) is 4.39 Å². The lowest BCUT2D eigenvalue weighted by Gasteiger charge is -2.13. The van der Waals surface area contributed by atoms with E-state index in [1.165, 1.54) is 6.07 Å². The minimum atomic E-state index is -0.273. The van der Waals surface area contributed by atoms with E-state index >= 15 is 0 Å². The van der Waals surface area contributed by atoms with Gasteiger partial charge in [0.25, 0.3) is 0 Å². The van der Waals surface area contributed by atoms with Crippen LogP contribution in [0.15, 0.2) is 38.3 Å². The zero-order valence-corrected chi connectivity index (χ0v) is 16.6. The maximum Gasteiger partial charge on any atom is 0.213 e. The first kappa shape index (κ1) is 19.4. The number of rotatable bonds is 5. The molecule has 2 N–H and O–H groups in total. The quantitative estimate of drug-likeness (QED) is 0.574. The van der Waals surface area contributed by atoms with Crippen LogP contribution in [-0.4, -0.2) is 17.5 Å². The van der Waals surface area contributed by atoms with Gasteiger partial charge in [-0.15, -0.1) is 0 Å². The summed E-state index contributed by atoms with van der Waals surface area (Å²) in [5.74, 6) is 1.73. The number of benzene rings is 1. The van der Waals surface area contributed by atoms with Crippen molar-refractivity contribution in [1.29, 1.82) is 0 Å². The van der Waals surface area contributed by atoms with Crippen LogP contribution in [0.3, 0.4) is 0 Å². The number of nitrogens with zero attached hydrogens (tertiary/aromatic N) is 2. The summed E-state index contributed by atoms with van der Waals surface area (Å²) in [4.78, 5) is 8.70. The Hall–Kier alpha value is -1.89. The summed E-state index contributed by atoms with van der Waals surface area (Å²) in [6.07, 6.45) is 1.75. The topological polar surface area (TPSA) is 62.5 Å². The third-order valence-corrected chi connectivity index (χ3v) is 3.95. The Morgan fingerprint density at radius 3 is 2.72 bits per heavy atom. The maximum absolute atomic E-state index is 13.8. The molecular weight excluding hydrogens is 387 g/mol. The van der Waals surface area contributed by atoms with Crippen LogP contribution in [0.1, 0.15) is 44.9 Å². The third kappa shape index (κ3) is 5.85. The van der Waals surface area contributed by atoms with Crippen LogP contribution < -0.4 is 10.6 Å². The van der Waals surface area contributed by atoms with Gasteiger partial charge in [0.05, 0.1) is 19.3 Å². The molecule has 25 heavy (non-hydrogen) atoms. The van der Waals surface area contributed by atoms with E-state index in [1.54, 1.807) is 18.3 Å². The van der Waals surface area contributed by atoms with Gasteiger partial charge in [0.15, 0.2) is 5.96 Å². The normalized spacial score (nSPS) is 12.3. The second-order valence-corrected chi connectivity index (χ2v) is 7.57. The number of nitrogens with one attached hydrogen (secondary N) is 2. The van der Waals surface area contributed by atoms with Crippen LogP contribution in [0.25, 0.3) is 0 Å². The van der Waals surface area contributed by atoms with Gasteiger partial charge in [-0.1, -0.05) is 36.7 Å². The van der Waals surface area contributed by atoms with E-state index in [0.29, 0.717) is 30.5 Å². The largest absolute Gasteiger partial charge is 0.443 e. The van der Waals surface area contributed by atoms with Crippen LogP contribution in [-0.2, 0) is 18.5 Å². The molecule has 7 heteroatoms. The van der Waals surface area contributed by atoms with Crippen LogP contribution in [0.5, 0.6) is 0 Å². The SMILES string of the molecule is CCNC(=NCc1cc(Br)ccc1F)NCc1ncc(C(C)(C)C)o1. The van der Waals surface area contributed by atoms with Crippen molar-refractivity contribution in [2.24, 2.45) is 4.99 Å². The average molecular weight is 411 g/mol. The lowest BCUT2D eigenvalue weighted by atomic mass is 9.94. The van der Waals surface area contributed by atoms with Gasteiger partial charge < -0.3 is 15.1 Å². The molecule has 0 radical (unpaired) electrons. The molecule has 0 saturated carbocycles. The lowest BCUT2D eigenvalue weighted by molar-refractivity contribution is 0.379. The van der Waals surface area contributed by atoms with E-state index in [2.05, 4.69) is 57.3 Å².